The first-order valence-electron chi connectivity index (χ1n) is 14.2. The van der Waals surface area contributed by atoms with E-state index in [9.17, 15) is 0 Å². The highest BCUT2D eigenvalue weighted by molar-refractivity contribution is 7.98. The Balaban J connectivity index is 1.09. The van der Waals surface area contributed by atoms with Crippen molar-refractivity contribution in [1.29, 1.82) is 0 Å². The molecule has 5 heteroatoms. The summed E-state index contributed by atoms with van der Waals surface area (Å²) >= 11 is 1.78. The Morgan fingerprint density at radius 1 is 0.972 bits per heavy atom. The molecule has 2 aromatic heterocycles. The van der Waals surface area contributed by atoms with E-state index in [1.54, 1.807) is 11.8 Å². The highest BCUT2D eigenvalue weighted by Gasteiger charge is 2.33. The molecular formula is C31H42N4S. The van der Waals surface area contributed by atoms with Gasteiger partial charge in [-0.1, -0.05) is 24.6 Å². The largest absolute Gasteiger partial charge is 0.306 e. The number of hydrogen-bond acceptors (Lipinski definition) is 4. The third-order valence-corrected chi connectivity index (χ3v) is 10.1. The second-order valence-corrected chi connectivity index (χ2v) is 12.6. The summed E-state index contributed by atoms with van der Waals surface area (Å²) in [4.78, 5) is 11.9. The molecule has 1 aromatic carbocycles. The topological polar surface area (TPSA) is 23.8 Å². The molecule has 0 spiro atoms. The van der Waals surface area contributed by atoms with Crippen molar-refractivity contribution >= 4 is 17.4 Å². The Hall–Kier alpha value is -1.82. The quantitative estimate of drug-likeness (QED) is 0.344. The summed E-state index contributed by atoms with van der Waals surface area (Å²) in [5.41, 5.74) is 6.12. The zero-order valence-electron chi connectivity index (χ0n) is 22.3. The van der Waals surface area contributed by atoms with E-state index < -0.39 is 0 Å². The summed E-state index contributed by atoms with van der Waals surface area (Å²) in [6, 6.07) is 12.7. The Kier molecular flexibility index (Phi) is 7.16. The summed E-state index contributed by atoms with van der Waals surface area (Å²) in [6.45, 7) is 9.86. The maximum Gasteiger partial charge on any atom is 0.140 e. The number of thioether (sulfide) groups is 1. The smallest absolute Gasteiger partial charge is 0.140 e. The van der Waals surface area contributed by atoms with Crippen LogP contribution in [0.4, 0.5) is 0 Å². The Morgan fingerprint density at radius 2 is 1.75 bits per heavy atom. The monoisotopic (exact) mass is 502 g/mol. The zero-order chi connectivity index (χ0) is 24.6. The molecule has 3 fully saturated rings. The number of imidazole rings is 1. The van der Waals surface area contributed by atoms with Crippen LogP contribution in [0.5, 0.6) is 0 Å². The Labute approximate surface area is 221 Å². The van der Waals surface area contributed by atoms with E-state index in [0.29, 0.717) is 5.92 Å². The molecule has 192 valence electrons. The number of piperidine rings is 2. The van der Waals surface area contributed by atoms with E-state index in [2.05, 4.69) is 77.0 Å². The fourth-order valence-electron chi connectivity index (χ4n) is 6.82. The lowest BCUT2D eigenvalue weighted by Crippen LogP contribution is -2.52. The number of likely N-dealkylation sites (tertiary alicyclic amines) is 2. The summed E-state index contributed by atoms with van der Waals surface area (Å²) in [5, 5.41) is 0. The van der Waals surface area contributed by atoms with Gasteiger partial charge in [0.05, 0.1) is 5.69 Å². The van der Waals surface area contributed by atoms with Crippen molar-refractivity contribution in [2.45, 2.75) is 81.7 Å². The maximum atomic E-state index is 4.98. The van der Waals surface area contributed by atoms with Crippen molar-refractivity contribution in [2.24, 2.45) is 5.92 Å². The molecule has 36 heavy (non-hydrogen) atoms. The lowest BCUT2D eigenvalue weighted by molar-refractivity contribution is 0.0417. The zero-order valence-corrected chi connectivity index (χ0v) is 23.1. The van der Waals surface area contributed by atoms with Crippen molar-refractivity contribution in [3.05, 3.63) is 53.9 Å². The number of rotatable bonds is 6. The van der Waals surface area contributed by atoms with Crippen LogP contribution in [0.1, 0.15) is 68.9 Å². The second kappa shape index (κ2) is 10.5. The Morgan fingerprint density at radius 3 is 2.42 bits per heavy atom. The molecular weight excluding hydrogens is 460 g/mol. The van der Waals surface area contributed by atoms with Crippen LogP contribution in [0, 0.1) is 12.8 Å². The summed E-state index contributed by atoms with van der Waals surface area (Å²) in [5.74, 6) is 1.65. The van der Waals surface area contributed by atoms with Gasteiger partial charge in [0, 0.05) is 41.5 Å². The Bertz CT molecular complexity index is 1170. The van der Waals surface area contributed by atoms with E-state index >= 15 is 0 Å². The van der Waals surface area contributed by atoms with Gasteiger partial charge in [-0.15, -0.1) is 11.8 Å². The first-order chi connectivity index (χ1) is 17.6. The van der Waals surface area contributed by atoms with Crippen LogP contribution in [-0.4, -0.2) is 63.7 Å². The SMILES string of the molecule is CSc1ccc(-c2cn3cc(C4CCN(C5CCN(CC6CCC6)C(C)C5)CC4)cc(C)c3n2)cc1. The van der Waals surface area contributed by atoms with E-state index in [1.807, 2.05) is 0 Å². The first kappa shape index (κ1) is 24.5. The average Bonchev–Trinajstić information content (AvgIpc) is 3.32. The number of pyridine rings is 1. The molecule has 3 aromatic rings. The van der Waals surface area contributed by atoms with Gasteiger partial charge in [0.2, 0.25) is 0 Å². The second-order valence-electron chi connectivity index (χ2n) is 11.7. The lowest BCUT2D eigenvalue weighted by atomic mass is 9.83. The molecule has 3 aliphatic rings. The van der Waals surface area contributed by atoms with Crippen molar-refractivity contribution in [1.82, 2.24) is 19.2 Å². The summed E-state index contributed by atoms with van der Waals surface area (Å²) in [7, 11) is 0. The minimum Gasteiger partial charge on any atom is -0.306 e. The molecule has 6 rings (SSSR count). The molecule has 0 N–H and O–H groups in total. The maximum absolute atomic E-state index is 4.98. The van der Waals surface area contributed by atoms with Crippen molar-refractivity contribution in [2.75, 3.05) is 32.4 Å². The van der Waals surface area contributed by atoms with Crippen LogP contribution in [-0.2, 0) is 0 Å². The molecule has 2 atom stereocenters. The van der Waals surface area contributed by atoms with Gasteiger partial charge in [-0.05, 0) is 113 Å². The molecule has 4 heterocycles. The minimum atomic E-state index is 0.659. The normalized spacial score (nSPS) is 24.9. The van der Waals surface area contributed by atoms with Crippen molar-refractivity contribution in [3.63, 3.8) is 0 Å². The fraction of sp³-hybridized carbons (Fsp3) is 0.581. The van der Waals surface area contributed by atoms with E-state index in [4.69, 9.17) is 4.98 Å². The minimum absolute atomic E-state index is 0.659. The van der Waals surface area contributed by atoms with Crippen LogP contribution < -0.4 is 0 Å². The van der Waals surface area contributed by atoms with E-state index in [-0.39, 0.29) is 0 Å². The number of fused-ring (bicyclic) bond motifs is 1. The fourth-order valence-corrected chi connectivity index (χ4v) is 7.23. The molecule has 2 aliphatic heterocycles. The van der Waals surface area contributed by atoms with Gasteiger partial charge in [0.1, 0.15) is 5.65 Å². The highest BCUT2D eigenvalue weighted by Crippen LogP contribution is 2.34. The van der Waals surface area contributed by atoms with Crippen LogP contribution in [0.25, 0.3) is 16.9 Å². The van der Waals surface area contributed by atoms with Crippen molar-refractivity contribution in [3.8, 4) is 11.3 Å². The number of nitrogens with zero attached hydrogens (tertiary/aromatic N) is 4. The van der Waals surface area contributed by atoms with Crippen molar-refractivity contribution < 1.29 is 0 Å². The van der Waals surface area contributed by atoms with Gasteiger partial charge in [-0.3, -0.25) is 0 Å². The molecule has 2 unspecified atom stereocenters. The summed E-state index contributed by atoms with van der Waals surface area (Å²) < 4.78 is 2.27. The van der Waals surface area contributed by atoms with Gasteiger partial charge in [-0.2, -0.15) is 0 Å². The van der Waals surface area contributed by atoms with Gasteiger partial charge < -0.3 is 14.2 Å². The number of benzene rings is 1. The van der Waals surface area contributed by atoms with Crippen LogP contribution in [0.15, 0.2) is 47.6 Å². The standard InChI is InChI=1S/C31H42N4S/c1-22-17-27(20-35-21-30(32-31(22)35)26-7-9-29(36-3)10-8-26)25-11-14-33(15-12-25)28-13-16-34(23(2)18-28)19-24-5-4-6-24/h7-10,17,20-21,23-25,28H,4-6,11-16,18-19H2,1-3H3. The third-order valence-electron chi connectivity index (χ3n) is 9.36. The van der Waals surface area contributed by atoms with Crippen LogP contribution in [0.2, 0.25) is 0 Å². The van der Waals surface area contributed by atoms with Crippen LogP contribution in [0.3, 0.4) is 0 Å². The van der Waals surface area contributed by atoms with Gasteiger partial charge in [-0.25, -0.2) is 4.98 Å². The van der Waals surface area contributed by atoms with Gasteiger partial charge in [0.25, 0.3) is 0 Å². The van der Waals surface area contributed by atoms with E-state index in [0.717, 1.165) is 29.3 Å². The number of hydrogen-bond donors (Lipinski definition) is 0. The van der Waals surface area contributed by atoms with Gasteiger partial charge >= 0.3 is 0 Å². The van der Waals surface area contributed by atoms with Gasteiger partial charge in [0.15, 0.2) is 0 Å². The number of aryl methyl sites for hydroxylation is 1. The predicted molar refractivity (Wildman–Crippen MR) is 152 cm³/mol. The molecule has 0 amide bonds. The predicted octanol–water partition coefficient (Wildman–Crippen LogP) is 6.86. The molecule has 1 saturated carbocycles. The molecule has 2 saturated heterocycles. The number of aromatic nitrogens is 2. The molecule has 4 nitrogen and oxygen atoms in total. The average molecular weight is 503 g/mol. The lowest BCUT2D eigenvalue weighted by Gasteiger charge is -2.46. The highest BCUT2D eigenvalue weighted by atomic mass is 32.2. The van der Waals surface area contributed by atoms with Crippen LogP contribution >= 0.6 is 11.8 Å². The summed E-state index contributed by atoms with van der Waals surface area (Å²) in [6.07, 6.45) is 16.4. The molecule has 1 aliphatic carbocycles. The van der Waals surface area contributed by atoms with E-state index in [1.165, 1.54) is 92.7 Å². The molecule has 0 radical (unpaired) electrons. The first-order valence-corrected chi connectivity index (χ1v) is 15.4. The third kappa shape index (κ3) is 4.99. The molecule has 0 bridgehead atoms.